The molecule has 0 radical (unpaired) electrons. The van der Waals surface area contributed by atoms with Gasteiger partial charge in [0.05, 0.1) is 18.8 Å². The molecule has 0 aliphatic carbocycles. The summed E-state index contributed by atoms with van der Waals surface area (Å²) in [7, 11) is 2.04. The normalized spacial score (nSPS) is 25.3. The Morgan fingerprint density at radius 2 is 2.18 bits per heavy atom. The smallest absolute Gasteiger partial charge is 0.254 e. The van der Waals surface area contributed by atoms with Gasteiger partial charge in [0.1, 0.15) is 12.3 Å². The zero-order chi connectivity index (χ0) is 15.9. The number of likely N-dealkylation sites (tertiary alicyclic amines) is 1. The monoisotopic (exact) mass is 307 g/mol. The summed E-state index contributed by atoms with van der Waals surface area (Å²) in [5.74, 6) is -0.171. The predicted molar refractivity (Wildman–Crippen MR) is 79.8 cm³/mol. The number of pyridine rings is 1. The van der Waals surface area contributed by atoms with Crippen molar-refractivity contribution in [3.05, 3.63) is 28.2 Å². The predicted octanol–water partition coefficient (Wildman–Crippen LogP) is -0.596. The molecule has 2 aliphatic rings. The van der Waals surface area contributed by atoms with Crippen molar-refractivity contribution in [3.8, 4) is 5.75 Å². The topological polar surface area (TPSA) is 75.0 Å². The number of morpholine rings is 1. The van der Waals surface area contributed by atoms with Crippen LogP contribution in [-0.4, -0.2) is 70.8 Å². The third kappa shape index (κ3) is 2.74. The Labute approximate surface area is 128 Å². The Hall–Kier alpha value is -1.86. The van der Waals surface area contributed by atoms with E-state index in [1.807, 2.05) is 7.05 Å². The SMILES string of the molecule is Cc1cc(O)cc(=O)n1CC(=O)N1C[C@H]2OCCN(C)[C@H]2C1. The number of fused-ring (bicyclic) bond motifs is 1. The summed E-state index contributed by atoms with van der Waals surface area (Å²) in [6, 6.07) is 2.84. The number of aromatic nitrogens is 1. The second-order valence-electron chi connectivity index (χ2n) is 6.04. The fraction of sp³-hybridized carbons (Fsp3) is 0.600. The van der Waals surface area contributed by atoms with Gasteiger partial charge in [-0.1, -0.05) is 0 Å². The van der Waals surface area contributed by atoms with Crippen molar-refractivity contribution in [1.82, 2.24) is 14.4 Å². The van der Waals surface area contributed by atoms with Crippen LogP contribution in [0.5, 0.6) is 5.75 Å². The number of nitrogens with zero attached hydrogens (tertiary/aromatic N) is 3. The second kappa shape index (κ2) is 5.73. The standard InChI is InChI=1S/C15H21N3O4/c1-10-5-11(19)6-14(20)18(10)9-15(21)17-7-12-13(8-17)22-4-3-16(12)2/h5-6,12-13,19H,3-4,7-9H2,1-2H3/t12-,13+/m0/s1. The number of carbonyl (C=O) groups excluding carboxylic acids is 1. The van der Waals surface area contributed by atoms with Gasteiger partial charge in [-0.15, -0.1) is 0 Å². The molecule has 0 saturated carbocycles. The molecule has 1 aromatic rings. The minimum absolute atomic E-state index is 0.00585. The molecule has 120 valence electrons. The minimum Gasteiger partial charge on any atom is -0.508 e. The number of aromatic hydroxyl groups is 1. The molecular weight excluding hydrogens is 286 g/mol. The van der Waals surface area contributed by atoms with Crippen LogP contribution in [0.1, 0.15) is 5.69 Å². The fourth-order valence-corrected chi connectivity index (χ4v) is 3.21. The van der Waals surface area contributed by atoms with Crippen LogP contribution in [0.25, 0.3) is 0 Å². The molecule has 0 bridgehead atoms. The van der Waals surface area contributed by atoms with Crippen LogP contribution in [0.4, 0.5) is 0 Å². The molecule has 0 unspecified atom stereocenters. The van der Waals surface area contributed by atoms with E-state index < -0.39 is 0 Å². The lowest BCUT2D eigenvalue weighted by Gasteiger charge is -2.33. The first-order valence-corrected chi connectivity index (χ1v) is 7.46. The number of aryl methyl sites for hydroxylation is 1. The van der Waals surface area contributed by atoms with Crippen LogP contribution in [0, 0.1) is 6.92 Å². The Bertz CT molecular complexity index is 642. The molecule has 7 heteroatoms. The van der Waals surface area contributed by atoms with Crippen LogP contribution < -0.4 is 5.56 Å². The van der Waals surface area contributed by atoms with Crippen LogP contribution in [0.2, 0.25) is 0 Å². The molecule has 22 heavy (non-hydrogen) atoms. The van der Waals surface area contributed by atoms with Gasteiger partial charge >= 0.3 is 0 Å². The molecule has 1 amide bonds. The first-order valence-electron chi connectivity index (χ1n) is 7.46. The van der Waals surface area contributed by atoms with Gasteiger partial charge in [0.2, 0.25) is 5.91 Å². The van der Waals surface area contributed by atoms with Gasteiger partial charge < -0.3 is 19.3 Å². The largest absolute Gasteiger partial charge is 0.508 e. The lowest BCUT2D eigenvalue weighted by Crippen LogP contribution is -2.48. The van der Waals surface area contributed by atoms with E-state index in [0.717, 1.165) is 12.6 Å². The second-order valence-corrected chi connectivity index (χ2v) is 6.04. The van der Waals surface area contributed by atoms with Crippen molar-refractivity contribution in [2.24, 2.45) is 0 Å². The highest BCUT2D eigenvalue weighted by atomic mass is 16.5. The van der Waals surface area contributed by atoms with Crippen LogP contribution in [0.3, 0.4) is 0 Å². The lowest BCUT2D eigenvalue weighted by molar-refractivity contribution is -0.131. The van der Waals surface area contributed by atoms with E-state index in [2.05, 4.69) is 4.90 Å². The van der Waals surface area contributed by atoms with Gasteiger partial charge in [-0.25, -0.2) is 0 Å². The van der Waals surface area contributed by atoms with E-state index in [4.69, 9.17) is 4.74 Å². The highest BCUT2D eigenvalue weighted by molar-refractivity contribution is 5.76. The molecule has 2 aliphatic heterocycles. The quantitative estimate of drug-likeness (QED) is 0.790. The highest BCUT2D eigenvalue weighted by Crippen LogP contribution is 2.22. The average Bonchev–Trinajstić information content (AvgIpc) is 2.88. The maximum absolute atomic E-state index is 12.5. The van der Waals surface area contributed by atoms with Gasteiger partial charge in [-0.3, -0.25) is 14.5 Å². The van der Waals surface area contributed by atoms with Crippen molar-refractivity contribution in [2.75, 3.05) is 33.3 Å². The molecule has 1 N–H and O–H groups in total. The maximum atomic E-state index is 12.5. The average molecular weight is 307 g/mol. The summed E-state index contributed by atoms with van der Waals surface area (Å²) in [6.45, 7) is 4.46. The molecule has 2 saturated heterocycles. The summed E-state index contributed by atoms with van der Waals surface area (Å²) >= 11 is 0. The number of hydrogen-bond donors (Lipinski definition) is 1. The Morgan fingerprint density at radius 3 is 2.86 bits per heavy atom. The van der Waals surface area contributed by atoms with Gasteiger partial charge in [0.15, 0.2) is 0 Å². The number of ether oxygens (including phenoxy) is 1. The molecular formula is C15H21N3O4. The molecule has 3 rings (SSSR count). The van der Waals surface area contributed by atoms with Crippen molar-refractivity contribution in [3.63, 3.8) is 0 Å². The summed E-state index contributed by atoms with van der Waals surface area (Å²) in [5.41, 5.74) is 0.208. The molecule has 7 nitrogen and oxygen atoms in total. The van der Waals surface area contributed by atoms with E-state index >= 15 is 0 Å². The summed E-state index contributed by atoms with van der Waals surface area (Å²) in [6.07, 6.45) is 0.0559. The van der Waals surface area contributed by atoms with Crippen molar-refractivity contribution in [1.29, 1.82) is 0 Å². The molecule has 2 fully saturated rings. The van der Waals surface area contributed by atoms with Crippen LogP contribution in [-0.2, 0) is 16.1 Å². The zero-order valence-electron chi connectivity index (χ0n) is 12.9. The highest BCUT2D eigenvalue weighted by Gasteiger charge is 2.40. The first kappa shape index (κ1) is 15.1. The van der Waals surface area contributed by atoms with E-state index in [1.165, 1.54) is 10.6 Å². The van der Waals surface area contributed by atoms with Crippen molar-refractivity contribution >= 4 is 5.91 Å². The molecule has 0 aromatic carbocycles. The summed E-state index contributed by atoms with van der Waals surface area (Å²) < 4.78 is 7.11. The third-order valence-electron chi connectivity index (χ3n) is 4.55. The zero-order valence-corrected chi connectivity index (χ0v) is 12.9. The van der Waals surface area contributed by atoms with Crippen molar-refractivity contribution in [2.45, 2.75) is 25.6 Å². The number of carbonyl (C=O) groups is 1. The number of amides is 1. The van der Waals surface area contributed by atoms with Crippen molar-refractivity contribution < 1.29 is 14.6 Å². The Balaban J connectivity index is 1.72. The van der Waals surface area contributed by atoms with E-state index in [-0.39, 0.29) is 35.9 Å². The maximum Gasteiger partial charge on any atom is 0.254 e. The number of hydrogen-bond acceptors (Lipinski definition) is 5. The van der Waals surface area contributed by atoms with Crippen LogP contribution in [0.15, 0.2) is 16.9 Å². The lowest BCUT2D eigenvalue weighted by atomic mass is 10.1. The summed E-state index contributed by atoms with van der Waals surface area (Å²) in [4.78, 5) is 28.4. The molecule has 0 spiro atoms. The van der Waals surface area contributed by atoms with E-state index in [9.17, 15) is 14.7 Å². The Kier molecular flexibility index (Phi) is 3.92. The number of rotatable bonds is 2. The van der Waals surface area contributed by atoms with E-state index in [0.29, 0.717) is 25.4 Å². The van der Waals surface area contributed by atoms with Gasteiger partial charge in [0.25, 0.3) is 5.56 Å². The van der Waals surface area contributed by atoms with E-state index in [1.54, 1.807) is 11.8 Å². The molecule has 2 atom stereocenters. The molecule has 1 aromatic heterocycles. The fourth-order valence-electron chi connectivity index (χ4n) is 3.21. The molecule has 3 heterocycles. The van der Waals surface area contributed by atoms with Gasteiger partial charge in [0, 0.05) is 31.4 Å². The minimum atomic E-state index is -0.365. The number of likely N-dealkylation sites (N-methyl/N-ethyl adjacent to an activating group) is 1. The van der Waals surface area contributed by atoms with Gasteiger partial charge in [-0.2, -0.15) is 0 Å². The van der Waals surface area contributed by atoms with Gasteiger partial charge in [-0.05, 0) is 20.0 Å². The summed E-state index contributed by atoms with van der Waals surface area (Å²) in [5, 5.41) is 9.40. The first-order chi connectivity index (χ1) is 10.5. The Morgan fingerprint density at radius 1 is 1.41 bits per heavy atom. The third-order valence-corrected chi connectivity index (χ3v) is 4.55. The van der Waals surface area contributed by atoms with Crippen LogP contribution >= 0.6 is 0 Å².